The van der Waals surface area contributed by atoms with Gasteiger partial charge in [-0.15, -0.1) is 24.0 Å². The molecule has 3 rings (SSSR count). The zero-order valence-electron chi connectivity index (χ0n) is 15.1. The molecule has 1 N–H and O–H groups in total. The average molecular weight is 461 g/mol. The van der Waals surface area contributed by atoms with Gasteiger partial charge in [0.05, 0.1) is 6.61 Å². The summed E-state index contributed by atoms with van der Waals surface area (Å²) >= 11 is 0. The Kier molecular flexibility index (Phi) is 7.49. The number of guanidine groups is 1. The molecule has 1 saturated carbocycles. The summed E-state index contributed by atoms with van der Waals surface area (Å²) in [4.78, 5) is 6.75. The summed E-state index contributed by atoms with van der Waals surface area (Å²) in [6, 6.07) is 7.02. The van der Waals surface area contributed by atoms with Gasteiger partial charge in [-0.3, -0.25) is 4.99 Å². The number of halogens is 2. The number of nitrogens with one attached hydrogen (secondary N) is 1. The van der Waals surface area contributed by atoms with Gasteiger partial charge in [0.25, 0.3) is 0 Å². The summed E-state index contributed by atoms with van der Waals surface area (Å²) in [5.41, 5.74) is 1.17. The fourth-order valence-electron chi connectivity index (χ4n) is 3.56. The molecule has 1 unspecified atom stereocenters. The lowest BCUT2D eigenvalue weighted by Crippen LogP contribution is -2.43. The molecule has 0 radical (unpaired) electrons. The number of benzene rings is 1. The van der Waals surface area contributed by atoms with Crippen LogP contribution in [0.15, 0.2) is 29.3 Å². The van der Waals surface area contributed by atoms with Crippen LogP contribution < -0.4 is 5.32 Å². The summed E-state index contributed by atoms with van der Waals surface area (Å²) in [5, 5.41) is 3.52. The van der Waals surface area contributed by atoms with E-state index in [1.165, 1.54) is 6.07 Å². The number of likely N-dealkylation sites (tertiary alicyclic amines) is 1. The number of rotatable bonds is 6. The lowest BCUT2D eigenvalue weighted by atomic mass is 9.96. The van der Waals surface area contributed by atoms with E-state index in [1.807, 2.05) is 20.0 Å². The monoisotopic (exact) mass is 461 g/mol. The molecule has 0 bridgehead atoms. The summed E-state index contributed by atoms with van der Waals surface area (Å²) in [6.07, 6.45) is 3.36. The van der Waals surface area contributed by atoms with E-state index in [0.29, 0.717) is 5.92 Å². The molecule has 1 aromatic rings. The normalized spacial score (nSPS) is 21.8. The van der Waals surface area contributed by atoms with Crippen LogP contribution in [0.25, 0.3) is 0 Å². The van der Waals surface area contributed by atoms with Crippen molar-refractivity contribution in [2.24, 2.45) is 10.9 Å². The van der Waals surface area contributed by atoms with Crippen molar-refractivity contribution in [3.8, 4) is 0 Å². The molecular formula is C19H29FIN3O. The minimum absolute atomic E-state index is 0. The van der Waals surface area contributed by atoms with E-state index in [4.69, 9.17) is 4.74 Å². The van der Waals surface area contributed by atoms with E-state index in [9.17, 15) is 4.39 Å². The Hall–Kier alpha value is -0.890. The summed E-state index contributed by atoms with van der Waals surface area (Å²) in [6.45, 7) is 6.47. The van der Waals surface area contributed by atoms with Crippen LogP contribution in [0.1, 0.15) is 31.7 Å². The molecule has 1 aliphatic heterocycles. The van der Waals surface area contributed by atoms with Gasteiger partial charge in [-0.25, -0.2) is 4.39 Å². The summed E-state index contributed by atoms with van der Waals surface area (Å²) in [7, 11) is 1.83. The smallest absolute Gasteiger partial charge is 0.193 e. The molecule has 1 aromatic carbocycles. The molecule has 0 spiro atoms. The Labute approximate surface area is 167 Å². The molecule has 4 nitrogen and oxygen atoms in total. The van der Waals surface area contributed by atoms with Crippen molar-refractivity contribution in [1.29, 1.82) is 0 Å². The van der Waals surface area contributed by atoms with Crippen LogP contribution in [0.4, 0.5) is 4.39 Å². The third-order valence-electron chi connectivity index (χ3n) is 5.23. The quantitative estimate of drug-likeness (QED) is 0.401. The number of hydrogen-bond donors (Lipinski definition) is 1. The van der Waals surface area contributed by atoms with E-state index in [1.54, 1.807) is 12.1 Å². The van der Waals surface area contributed by atoms with Crippen molar-refractivity contribution in [3.05, 3.63) is 35.6 Å². The van der Waals surface area contributed by atoms with Gasteiger partial charge in [-0.05, 0) is 43.9 Å². The first-order chi connectivity index (χ1) is 11.7. The molecule has 1 saturated heterocycles. The van der Waals surface area contributed by atoms with Crippen molar-refractivity contribution in [3.63, 3.8) is 0 Å². The fraction of sp³-hybridized carbons (Fsp3) is 0.632. The zero-order chi connectivity index (χ0) is 17.0. The van der Waals surface area contributed by atoms with E-state index in [0.717, 1.165) is 63.6 Å². The molecule has 0 aromatic heterocycles. The van der Waals surface area contributed by atoms with Crippen LogP contribution in [0.2, 0.25) is 0 Å². The topological polar surface area (TPSA) is 36.9 Å². The largest absolute Gasteiger partial charge is 0.381 e. The highest BCUT2D eigenvalue weighted by molar-refractivity contribution is 14.0. The highest BCUT2D eigenvalue weighted by atomic mass is 127. The predicted molar refractivity (Wildman–Crippen MR) is 110 cm³/mol. The van der Waals surface area contributed by atoms with Gasteiger partial charge in [-0.2, -0.15) is 0 Å². The van der Waals surface area contributed by atoms with Crippen LogP contribution in [-0.2, 0) is 10.2 Å². The minimum Gasteiger partial charge on any atom is -0.381 e. The van der Waals surface area contributed by atoms with Gasteiger partial charge in [0, 0.05) is 44.6 Å². The number of nitrogens with zero attached hydrogens (tertiary/aromatic N) is 2. The fourth-order valence-corrected chi connectivity index (χ4v) is 3.56. The Morgan fingerprint density at radius 2 is 2.24 bits per heavy atom. The maximum Gasteiger partial charge on any atom is 0.193 e. The molecule has 6 heteroatoms. The van der Waals surface area contributed by atoms with Crippen LogP contribution in [0, 0.1) is 11.7 Å². The average Bonchev–Trinajstić information content (AvgIpc) is 3.24. The van der Waals surface area contributed by atoms with Gasteiger partial charge >= 0.3 is 0 Å². The minimum atomic E-state index is -0.151. The molecule has 2 aliphatic rings. The van der Waals surface area contributed by atoms with Crippen LogP contribution >= 0.6 is 24.0 Å². The van der Waals surface area contributed by atoms with Gasteiger partial charge < -0.3 is 15.0 Å². The third kappa shape index (κ3) is 5.06. The predicted octanol–water partition coefficient (Wildman–Crippen LogP) is 3.41. The Morgan fingerprint density at radius 1 is 1.44 bits per heavy atom. The van der Waals surface area contributed by atoms with Crippen molar-refractivity contribution in [1.82, 2.24) is 10.2 Å². The Bertz CT molecular complexity index is 592. The molecule has 1 aliphatic carbocycles. The van der Waals surface area contributed by atoms with Gasteiger partial charge in [0.2, 0.25) is 0 Å². The molecule has 140 valence electrons. The van der Waals surface area contributed by atoms with Gasteiger partial charge in [0.15, 0.2) is 5.96 Å². The highest BCUT2D eigenvalue weighted by Gasteiger charge is 2.44. The number of ether oxygens (including phenoxy) is 1. The lowest BCUT2D eigenvalue weighted by Gasteiger charge is -2.24. The van der Waals surface area contributed by atoms with Crippen molar-refractivity contribution < 1.29 is 9.13 Å². The first kappa shape index (κ1) is 20.4. The maximum atomic E-state index is 13.5. The molecule has 2 fully saturated rings. The van der Waals surface area contributed by atoms with Crippen LogP contribution in [0.3, 0.4) is 0 Å². The molecule has 1 heterocycles. The van der Waals surface area contributed by atoms with E-state index < -0.39 is 0 Å². The molecule has 0 amide bonds. The first-order valence-corrected chi connectivity index (χ1v) is 8.96. The lowest BCUT2D eigenvalue weighted by molar-refractivity contribution is 0.114. The van der Waals surface area contributed by atoms with Crippen molar-refractivity contribution in [2.75, 3.05) is 39.9 Å². The van der Waals surface area contributed by atoms with Crippen LogP contribution in [-0.4, -0.2) is 50.8 Å². The van der Waals surface area contributed by atoms with Gasteiger partial charge in [0.1, 0.15) is 5.82 Å². The zero-order valence-corrected chi connectivity index (χ0v) is 17.5. The van der Waals surface area contributed by atoms with Crippen molar-refractivity contribution in [2.45, 2.75) is 31.6 Å². The molecule has 25 heavy (non-hydrogen) atoms. The van der Waals surface area contributed by atoms with Crippen molar-refractivity contribution >= 4 is 29.9 Å². The Balaban J connectivity index is 0.00000225. The number of aliphatic imine (C=N–C) groups is 1. The third-order valence-corrected chi connectivity index (χ3v) is 5.23. The van der Waals surface area contributed by atoms with Gasteiger partial charge in [-0.1, -0.05) is 12.1 Å². The Morgan fingerprint density at radius 3 is 2.88 bits per heavy atom. The van der Waals surface area contributed by atoms with E-state index in [-0.39, 0.29) is 35.2 Å². The standard InChI is InChI=1S/C19H28FN3O.HI/c1-3-24-13-15-7-10-23(12-15)18(21-2)22-14-19(8-9-19)16-5-4-6-17(20)11-16;/h4-6,11,15H,3,7-10,12-14H2,1-2H3,(H,21,22);1H. The highest BCUT2D eigenvalue weighted by Crippen LogP contribution is 2.47. The SMILES string of the molecule is CCOCC1CCN(C(=NC)NCC2(c3cccc(F)c3)CC2)C1.I. The van der Waals surface area contributed by atoms with Crippen LogP contribution in [0.5, 0.6) is 0 Å². The summed E-state index contributed by atoms with van der Waals surface area (Å²) in [5.74, 6) is 1.39. The van der Waals surface area contributed by atoms with E-state index in [2.05, 4.69) is 15.2 Å². The molecular weight excluding hydrogens is 432 g/mol. The van der Waals surface area contributed by atoms with E-state index >= 15 is 0 Å². The second kappa shape index (κ2) is 9.16. The second-order valence-corrected chi connectivity index (χ2v) is 6.95. The number of hydrogen-bond acceptors (Lipinski definition) is 2. The maximum absolute atomic E-state index is 13.5. The molecule has 1 atom stereocenters. The first-order valence-electron chi connectivity index (χ1n) is 8.96. The second-order valence-electron chi connectivity index (χ2n) is 6.95. The summed E-state index contributed by atoms with van der Waals surface area (Å²) < 4.78 is 19.1.